The van der Waals surface area contributed by atoms with Crippen molar-refractivity contribution in [3.8, 4) is 0 Å². The van der Waals surface area contributed by atoms with Crippen LogP contribution in [0.1, 0.15) is 40.1 Å². The normalized spacial score (nSPS) is 16.7. The van der Waals surface area contributed by atoms with E-state index in [4.69, 9.17) is 5.11 Å². The van der Waals surface area contributed by atoms with Crippen LogP contribution in [0.15, 0.2) is 60.3 Å². The fourth-order valence-corrected chi connectivity index (χ4v) is 2.79. The molecule has 0 amide bonds. The molecule has 3 rings (SSSR count). The molecule has 116 valence electrons. The molecular weight excluding hydrogens is 290 g/mol. The van der Waals surface area contributed by atoms with E-state index >= 15 is 0 Å². The Morgan fingerprint density at radius 3 is 2.22 bits per heavy atom. The highest BCUT2D eigenvalue weighted by Gasteiger charge is 2.34. The standard InChI is InChI=1S/C19H17NO3/c1-19(2)14-5-3-4-6-15(14)20-17(19)11-16(21)12-7-9-13(10-8-12)18(22)23/h3-11,20H,1-2H3,(H,22,23)/b17-11-. The van der Waals surface area contributed by atoms with Crippen LogP contribution in [0.3, 0.4) is 0 Å². The summed E-state index contributed by atoms with van der Waals surface area (Å²) < 4.78 is 0. The summed E-state index contributed by atoms with van der Waals surface area (Å²) in [6, 6.07) is 13.9. The van der Waals surface area contributed by atoms with Crippen molar-refractivity contribution in [2.75, 3.05) is 5.32 Å². The van der Waals surface area contributed by atoms with Gasteiger partial charge in [0, 0.05) is 28.4 Å². The topological polar surface area (TPSA) is 66.4 Å². The molecule has 4 heteroatoms. The number of para-hydroxylation sites is 1. The lowest BCUT2D eigenvalue weighted by Gasteiger charge is -2.20. The smallest absolute Gasteiger partial charge is 0.335 e. The van der Waals surface area contributed by atoms with Crippen LogP contribution in [0.2, 0.25) is 0 Å². The van der Waals surface area contributed by atoms with Gasteiger partial charge in [-0.1, -0.05) is 44.2 Å². The Morgan fingerprint density at radius 1 is 1.00 bits per heavy atom. The minimum Gasteiger partial charge on any atom is -0.478 e. The Hall–Kier alpha value is -2.88. The summed E-state index contributed by atoms with van der Waals surface area (Å²) in [7, 11) is 0. The van der Waals surface area contributed by atoms with Crippen LogP contribution in [0.25, 0.3) is 0 Å². The van der Waals surface area contributed by atoms with Crippen molar-refractivity contribution in [1.82, 2.24) is 0 Å². The number of allylic oxidation sites excluding steroid dienone is 2. The second-order valence-electron chi connectivity index (χ2n) is 6.10. The lowest BCUT2D eigenvalue weighted by atomic mass is 9.83. The number of carbonyl (C=O) groups is 2. The molecule has 0 bridgehead atoms. The Morgan fingerprint density at radius 2 is 1.61 bits per heavy atom. The van der Waals surface area contributed by atoms with Crippen molar-refractivity contribution in [2.24, 2.45) is 0 Å². The second-order valence-corrected chi connectivity index (χ2v) is 6.10. The van der Waals surface area contributed by atoms with Crippen molar-refractivity contribution in [2.45, 2.75) is 19.3 Å². The number of carboxylic acids is 1. The van der Waals surface area contributed by atoms with Crippen LogP contribution in [0, 0.1) is 0 Å². The van der Waals surface area contributed by atoms with Gasteiger partial charge in [-0.3, -0.25) is 4.79 Å². The van der Waals surface area contributed by atoms with Crippen LogP contribution >= 0.6 is 0 Å². The van der Waals surface area contributed by atoms with E-state index in [1.807, 2.05) is 18.2 Å². The molecule has 0 saturated heterocycles. The highest BCUT2D eigenvalue weighted by Crippen LogP contribution is 2.42. The highest BCUT2D eigenvalue weighted by molar-refractivity contribution is 6.06. The maximum absolute atomic E-state index is 12.5. The summed E-state index contributed by atoms with van der Waals surface area (Å²) in [5.74, 6) is -1.15. The van der Waals surface area contributed by atoms with Crippen LogP contribution < -0.4 is 5.32 Å². The number of hydrogen-bond donors (Lipinski definition) is 2. The number of hydrogen-bond acceptors (Lipinski definition) is 3. The Kier molecular flexibility index (Phi) is 3.52. The average molecular weight is 307 g/mol. The first-order chi connectivity index (χ1) is 10.9. The van der Waals surface area contributed by atoms with E-state index in [1.54, 1.807) is 6.08 Å². The van der Waals surface area contributed by atoms with Gasteiger partial charge in [0.2, 0.25) is 0 Å². The predicted molar refractivity (Wildman–Crippen MR) is 88.9 cm³/mol. The van der Waals surface area contributed by atoms with Crippen LogP contribution in [0.4, 0.5) is 5.69 Å². The number of anilines is 1. The maximum atomic E-state index is 12.5. The van der Waals surface area contributed by atoms with Crippen LogP contribution in [0.5, 0.6) is 0 Å². The quantitative estimate of drug-likeness (QED) is 0.667. The first kappa shape index (κ1) is 15.0. The molecule has 0 unspecified atom stereocenters. The average Bonchev–Trinajstić information content (AvgIpc) is 2.79. The van der Waals surface area contributed by atoms with Gasteiger partial charge >= 0.3 is 5.97 Å². The zero-order valence-electron chi connectivity index (χ0n) is 13.0. The van der Waals surface area contributed by atoms with Gasteiger partial charge in [0.05, 0.1) is 5.56 Å². The molecule has 4 nitrogen and oxygen atoms in total. The minimum atomic E-state index is -1.00. The van der Waals surface area contributed by atoms with Crippen LogP contribution in [-0.4, -0.2) is 16.9 Å². The van der Waals surface area contributed by atoms with Crippen molar-refractivity contribution in [1.29, 1.82) is 0 Å². The first-order valence-electron chi connectivity index (χ1n) is 7.36. The lowest BCUT2D eigenvalue weighted by molar-refractivity contribution is 0.0696. The van der Waals surface area contributed by atoms with Gasteiger partial charge in [0.15, 0.2) is 5.78 Å². The molecule has 1 aliphatic heterocycles. The second kappa shape index (κ2) is 5.39. The molecule has 1 aliphatic rings. The van der Waals surface area contributed by atoms with E-state index in [1.165, 1.54) is 24.3 Å². The number of aromatic carboxylic acids is 1. The Bertz CT molecular complexity index is 817. The molecule has 2 aromatic carbocycles. The molecule has 23 heavy (non-hydrogen) atoms. The van der Waals surface area contributed by atoms with Crippen molar-refractivity contribution < 1.29 is 14.7 Å². The first-order valence-corrected chi connectivity index (χ1v) is 7.36. The molecule has 0 aliphatic carbocycles. The number of carbonyl (C=O) groups excluding carboxylic acids is 1. The Balaban J connectivity index is 1.90. The monoisotopic (exact) mass is 307 g/mol. The van der Waals surface area contributed by atoms with E-state index in [9.17, 15) is 9.59 Å². The fourth-order valence-electron chi connectivity index (χ4n) is 2.79. The molecule has 0 saturated carbocycles. The molecule has 0 radical (unpaired) electrons. The Labute approximate surface area is 134 Å². The molecule has 0 atom stereocenters. The van der Waals surface area contributed by atoms with E-state index in [-0.39, 0.29) is 16.8 Å². The predicted octanol–water partition coefficient (Wildman–Crippen LogP) is 3.85. The lowest BCUT2D eigenvalue weighted by Crippen LogP contribution is -2.18. The van der Waals surface area contributed by atoms with Crippen molar-refractivity contribution in [3.63, 3.8) is 0 Å². The number of rotatable bonds is 3. The SMILES string of the molecule is CC1(C)/C(=C/C(=O)c2ccc(C(=O)O)cc2)Nc2ccccc21. The molecule has 2 aromatic rings. The summed E-state index contributed by atoms with van der Waals surface area (Å²) in [5, 5.41) is 12.2. The number of nitrogens with one attached hydrogen (secondary N) is 1. The maximum Gasteiger partial charge on any atom is 0.335 e. The van der Waals surface area contributed by atoms with Gasteiger partial charge in [-0.2, -0.15) is 0 Å². The summed E-state index contributed by atoms with van der Waals surface area (Å²) in [5.41, 5.74) is 3.37. The number of benzene rings is 2. The molecule has 0 fully saturated rings. The zero-order chi connectivity index (χ0) is 16.6. The number of carboxylic acid groups (broad SMARTS) is 1. The van der Waals surface area contributed by atoms with Crippen molar-refractivity contribution in [3.05, 3.63) is 77.0 Å². The zero-order valence-corrected chi connectivity index (χ0v) is 13.0. The van der Waals surface area contributed by atoms with Crippen molar-refractivity contribution >= 4 is 17.4 Å². The highest BCUT2D eigenvalue weighted by atomic mass is 16.4. The third kappa shape index (κ3) is 2.63. The van der Waals surface area contributed by atoms with E-state index < -0.39 is 5.97 Å². The third-order valence-corrected chi connectivity index (χ3v) is 4.23. The van der Waals surface area contributed by atoms with Gasteiger partial charge in [0.1, 0.15) is 0 Å². The molecular formula is C19H17NO3. The van der Waals surface area contributed by atoms with Gasteiger partial charge in [0.25, 0.3) is 0 Å². The molecule has 0 spiro atoms. The van der Waals surface area contributed by atoms with E-state index in [0.717, 1.165) is 16.9 Å². The third-order valence-electron chi connectivity index (χ3n) is 4.23. The van der Waals surface area contributed by atoms with Gasteiger partial charge in [-0.05, 0) is 23.8 Å². The summed E-state index contributed by atoms with van der Waals surface area (Å²) >= 11 is 0. The van der Waals surface area contributed by atoms with Crippen LogP contribution in [-0.2, 0) is 5.41 Å². The van der Waals surface area contributed by atoms with E-state index in [0.29, 0.717) is 5.56 Å². The van der Waals surface area contributed by atoms with E-state index in [2.05, 4.69) is 25.2 Å². The summed E-state index contributed by atoms with van der Waals surface area (Å²) in [4.78, 5) is 23.3. The molecule has 2 N–H and O–H groups in total. The summed E-state index contributed by atoms with van der Waals surface area (Å²) in [6.07, 6.45) is 1.59. The minimum absolute atomic E-state index is 0.148. The molecule has 1 heterocycles. The fraction of sp³-hybridized carbons (Fsp3) is 0.158. The summed E-state index contributed by atoms with van der Waals surface area (Å²) in [6.45, 7) is 4.14. The number of fused-ring (bicyclic) bond motifs is 1. The van der Waals surface area contributed by atoms with Gasteiger partial charge in [-0.15, -0.1) is 0 Å². The van der Waals surface area contributed by atoms with Gasteiger partial charge in [-0.25, -0.2) is 4.79 Å². The van der Waals surface area contributed by atoms with Gasteiger partial charge < -0.3 is 10.4 Å². The number of ketones is 1. The molecule has 0 aromatic heterocycles. The largest absolute Gasteiger partial charge is 0.478 e.